The van der Waals surface area contributed by atoms with Crippen molar-refractivity contribution in [3.8, 4) is 0 Å². The van der Waals surface area contributed by atoms with Crippen LogP contribution in [0.25, 0.3) is 0 Å². The third kappa shape index (κ3) is 10.9. The van der Waals surface area contributed by atoms with E-state index in [2.05, 4.69) is 13.8 Å². The van der Waals surface area contributed by atoms with Gasteiger partial charge in [-0.05, 0) is 0 Å². The summed E-state index contributed by atoms with van der Waals surface area (Å²) in [5.41, 5.74) is 0. The molecule has 1 heterocycles. The zero-order valence-electron chi connectivity index (χ0n) is 9.32. The Morgan fingerprint density at radius 3 is 1.85 bits per heavy atom. The topological polar surface area (TPSA) is 30.8 Å². The molecule has 0 amide bonds. The zero-order chi connectivity index (χ0) is 10.7. The van der Waals surface area contributed by atoms with Crippen LogP contribution in [0, 0.1) is 5.21 Å². The van der Waals surface area contributed by atoms with Gasteiger partial charge in [-0.25, -0.2) is 0 Å². The third-order valence-corrected chi connectivity index (χ3v) is 0.850. The van der Waals surface area contributed by atoms with Crippen LogP contribution in [-0.2, 0) is 7.05 Å². The predicted molar refractivity (Wildman–Crippen MR) is 53.9 cm³/mol. The molecule has 0 atom stereocenters. The molecule has 0 saturated heterocycles. The average Bonchev–Trinajstić information content (AvgIpc) is 2.08. The number of hydrogen-bond donors (Lipinski definition) is 0. The van der Waals surface area contributed by atoms with Crippen LogP contribution in [0.3, 0.4) is 0 Å². The lowest BCUT2D eigenvalue weighted by Crippen LogP contribution is -2.40. The number of rotatable bonds is 0. The Morgan fingerprint density at radius 1 is 1.15 bits per heavy atom. The highest BCUT2D eigenvalue weighted by Gasteiger charge is 1.91. The average molecular weight is 185 g/mol. The number of aryl methyl sites for hydroxylation is 1. The molecule has 0 aliphatic carbocycles. The van der Waals surface area contributed by atoms with Gasteiger partial charge in [0.15, 0.2) is 12.4 Å². The lowest BCUT2D eigenvalue weighted by molar-refractivity contribution is -0.778. The fraction of sp³-hybridized carbons (Fsp3) is 0.600. The molecule has 0 saturated carbocycles. The number of hydrogen-bond acceptors (Lipinski definition) is 1. The van der Waals surface area contributed by atoms with Gasteiger partial charge in [0, 0.05) is 0 Å². The fourth-order valence-electron chi connectivity index (χ4n) is 0.516. The minimum absolute atomic E-state index is 0.750. The van der Waals surface area contributed by atoms with E-state index in [1.807, 2.05) is 13.8 Å². The minimum Gasteiger partial charge on any atom is -0.614 e. The van der Waals surface area contributed by atoms with Crippen molar-refractivity contribution in [3.05, 3.63) is 30.0 Å². The fourth-order valence-corrected chi connectivity index (χ4v) is 0.516. The van der Waals surface area contributed by atoms with Crippen LogP contribution < -0.4 is 9.30 Å². The van der Waals surface area contributed by atoms with Crippen LogP contribution in [0.2, 0.25) is 0 Å². The van der Waals surface area contributed by atoms with E-state index in [0.29, 0.717) is 0 Å². The maximum atomic E-state index is 10.4. The summed E-state index contributed by atoms with van der Waals surface area (Å²) in [5.74, 6) is 0. The van der Waals surface area contributed by atoms with Crippen molar-refractivity contribution >= 4 is 0 Å². The SMILES string of the molecule is CC.CCC.C[n+]1ccc[n+]([O-])c1. The van der Waals surface area contributed by atoms with Gasteiger partial charge in [-0.1, -0.05) is 34.1 Å². The molecule has 0 bridgehead atoms. The molecule has 1 rings (SSSR count). The van der Waals surface area contributed by atoms with E-state index in [1.54, 1.807) is 23.9 Å². The molecule has 1 aromatic rings. The Bertz CT molecular complexity index is 185. The van der Waals surface area contributed by atoms with Crippen molar-refractivity contribution < 1.29 is 9.30 Å². The van der Waals surface area contributed by atoms with E-state index in [4.69, 9.17) is 0 Å². The quantitative estimate of drug-likeness (QED) is 0.446. The number of aromatic nitrogens is 2. The Balaban J connectivity index is 0. The molecule has 3 nitrogen and oxygen atoms in total. The molecule has 3 heteroatoms. The first kappa shape index (κ1) is 14.4. The Morgan fingerprint density at radius 2 is 1.62 bits per heavy atom. The second-order valence-corrected chi connectivity index (χ2v) is 2.34. The second-order valence-electron chi connectivity index (χ2n) is 2.34. The van der Waals surface area contributed by atoms with E-state index >= 15 is 0 Å². The largest absolute Gasteiger partial charge is 0.614 e. The summed E-state index contributed by atoms with van der Waals surface area (Å²) in [7, 11) is 1.80. The van der Waals surface area contributed by atoms with Gasteiger partial charge in [0.1, 0.15) is 7.05 Å². The summed E-state index contributed by atoms with van der Waals surface area (Å²) < 4.78 is 2.44. The van der Waals surface area contributed by atoms with Crippen molar-refractivity contribution in [1.82, 2.24) is 0 Å². The van der Waals surface area contributed by atoms with Gasteiger partial charge >= 0.3 is 6.33 Å². The van der Waals surface area contributed by atoms with Crippen LogP contribution in [0.4, 0.5) is 0 Å². The minimum atomic E-state index is 0.750. The molecular formula is C10H21N2O+. The van der Waals surface area contributed by atoms with E-state index in [0.717, 1.165) is 4.73 Å². The van der Waals surface area contributed by atoms with Crippen molar-refractivity contribution in [2.24, 2.45) is 7.05 Å². The van der Waals surface area contributed by atoms with Crippen molar-refractivity contribution in [1.29, 1.82) is 0 Å². The summed E-state index contributed by atoms with van der Waals surface area (Å²) in [6, 6.07) is 1.69. The van der Waals surface area contributed by atoms with Gasteiger partial charge in [0.25, 0.3) is 0 Å². The first-order valence-corrected chi connectivity index (χ1v) is 4.74. The Hall–Kier alpha value is -1.12. The van der Waals surface area contributed by atoms with E-state index in [-0.39, 0.29) is 0 Å². The molecule has 0 aliphatic rings. The summed E-state index contributed by atoms with van der Waals surface area (Å²) in [5, 5.41) is 10.4. The molecule has 0 aromatic carbocycles. The molecular weight excluding hydrogens is 164 g/mol. The highest BCUT2D eigenvalue weighted by Crippen LogP contribution is 1.62. The van der Waals surface area contributed by atoms with Gasteiger partial charge in [-0.15, -0.1) is 4.73 Å². The smallest absolute Gasteiger partial charge is 0.417 e. The standard InChI is InChI=1S/C5H7N2O.C3H8.C2H6/c1-6-3-2-4-7(8)5-6;1-3-2;1-2/h2-5H,1H3;3H2,1-2H3;1-2H3/q+1;;. The summed E-state index contributed by atoms with van der Waals surface area (Å²) in [6.45, 7) is 8.25. The first-order chi connectivity index (χ1) is 6.20. The van der Waals surface area contributed by atoms with Gasteiger partial charge in [-0.3, -0.25) is 0 Å². The van der Waals surface area contributed by atoms with Crippen LogP contribution >= 0.6 is 0 Å². The van der Waals surface area contributed by atoms with Crippen molar-refractivity contribution in [3.63, 3.8) is 0 Å². The van der Waals surface area contributed by atoms with Crippen molar-refractivity contribution in [2.75, 3.05) is 0 Å². The molecule has 76 valence electrons. The summed E-state index contributed by atoms with van der Waals surface area (Å²) in [4.78, 5) is 0. The summed E-state index contributed by atoms with van der Waals surface area (Å²) in [6.07, 6.45) is 5.94. The van der Waals surface area contributed by atoms with Gasteiger partial charge in [0.2, 0.25) is 0 Å². The molecule has 0 fully saturated rings. The maximum Gasteiger partial charge on any atom is 0.417 e. The lowest BCUT2D eigenvalue weighted by Gasteiger charge is -1.87. The zero-order valence-corrected chi connectivity index (χ0v) is 9.32. The van der Waals surface area contributed by atoms with Crippen LogP contribution in [0.15, 0.2) is 24.8 Å². The van der Waals surface area contributed by atoms with E-state index < -0.39 is 0 Å². The van der Waals surface area contributed by atoms with E-state index in [9.17, 15) is 5.21 Å². The molecule has 0 spiro atoms. The van der Waals surface area contributed by atoms with Gasteiger partial charge in [0.05, 0.1) is 6.07 Å². The maximum absolute atomic E-state index is 10.4. The Kier molecular flexibility index (Phi) is 12.1. The van der Waals surface area contributed by atoms with Crippen molar-refractivity contribution in [2.45, 2.75) is 34.1 Å². The normalized spacial score (nSPS) is 7.46. The van der Waals surface area contributed by atoms with Crippen LogP contribution in [-0.4, -0.2) is 0 Å². The first-order valence-electron chi connectivity index (χ1n) is 4.74. The second kappa shape index (κ2) is 10.9. The van der Waals surface area contributed by atoms with Crippen LogP contribution in [0.5, 0.6) is 0 Å². The van der Waals surface area contributed by atoms with E-state index in [1.165, 1.54) is 18.9 Å². The molecule has 1 aromatic heterocycles. The number of nitrogens with zero attached hydrogens (tertiary/aromatic N) is 2. The molecule has 0 N–H and O–H groups in total. The van der Waals surface area contributed by atoms with Gasteiger partial charge < -0.3 is 5.21 Å². The van der Waals surface area contributed by atoms with Gasteiger partial charge in [-0.2, -0.15) is 4.57 Å². The summed E-state index contributed by atoms with van der Waals surface area (Å²) >= 11 is 0. The molecule has 13 heavy (non-hydrogen) atoms. The Labute approximate surface area is 81.2 Å². The highest BCUT2D eigenvalue weighted by atomic mass is 16.5. The monoisotopic (exact) mass is 185 g/mol. The molecule has 0 radical (unpaired) electrons. The van der Waals surface area contributed by atoms with Crippen LogP contribution in [0.1, 0.15) is 34.1 Å². The predicted octanol–water partition coefficient (Wildman–Crippen LogP) is 1.59. The third-order valence-electron chi connectivity index (χ3n) is 0.850. The molecule has 0 unspecified atom stereocenters. The lowest BCUT2D eigenvalue weighted by atomic mass is 10.6. The molecule has 0 aliphatic heterocycles. The highest BCUT2D eigenvalue weighted by molar-refractivity contribution is 4.63.